The number of rotatable bonds is 3. The Hall–Kier alpha value is -1.85. The Morgan fingerprint density at radius 2 is 1.83 bits per heavy atom. The van der Waals surface area contributed by atoms with Crippen LogP contribution in [0.4, 0.5) is 0 Å². The average Bonchev–Trinajstić information content (AvgIpc) is 2.79. The maximum absolute atomic E-state index is 13.3. The molecule has 0 radical (unpaired) electrons. The highest BCUT2D eigenvalue weighted by Crippen LogP contribution is 2.42. The van der Waals surface area contributed by atoms with Crippen LogP contribution in [0.15, 0.2) is 30.5 Å². The van der Waals surface area contributed by atoms with E-state index in [1.54, 1.807) is 13.4 Å². The van der Waals surface area contributed by atoms with Crippen LogP contribution in [-0.4, -0.2) is 49.3 Å². The molecule has 2 aliphatic carbocycles. The first-order chi connectivity index (χ1) is 14.2. The van der Waals surface area contributed by atoms with Gasteiger partial charge in [-0.3, -0.25) is 9.69 Å². The summed E-state index contributed by atoms with van der Waals surface area (Å²) in [7, 11) is 1.65. The summed E-state index contributed by atoms with van der Waals surface area (Å²) >= 11 is 0. The second kappa shape index (κ2) is 8.11. The molecule has 5 nitrogen and oxygen atoms in total. The summed E-state index contributed by atoms with van der Waals surface area (Å²) < 4.78 is 17.8. The van der Waals surface area contributed by atoms with Gasteiger partial charge in [0, 0.05) is 18.5 Å². The lowest BCUT2D eigenvalue weighted by atomic mass is 9.71. The first-order valence-electron chi connectivity index (χ1n) is 11.1. The molecule has 2 heterocycles. The number of Topliss-reactive ketones (excluding diaryl/α,β-unsaturated/α-hetero) is 1. The summed E-state index contributed by atoms with van der Waals surface area (Å²) in [6.07, 6.45) is 10.2. The SMILES string of the molecule is COc1ccc(C2=COC3C(CCC4OCN(C5CCCCC5)CC43)C2=O)cc1. The molecule has 29 heavy (non-hydrogen) atoms. The number of hydrogen-bond donors (Lipinski definition) is 0. The van der Waals surface area contributed by atoms with E-state index in [1.807, 2.05) is 24.3 Å². The minimum Gasteiger partial charge on any atom is -0.497 e. The van der Waals surface area contributed by atoms with Crippen molar-refractivity contribution in [2.24, 2.45) is 11.8 Å². The fourth-order valence-corrected chi connectivity index (χ4v) is 5.74. The molecule has 0 N–H and O–H groups in total. The van der Waals surface area contributed by atoms with Gasteiger partial charge in [0.1, 0.15) is 11.9 Å². The Bertz CT molecular complexity index is 768. The molecule has 0 aromatic heterocycles. The number of benzene rings is 1. The van der Waals surface area contributed by atoms with Crippen LogP contribution in [0.25, 0.3) is 5.57 Å². The molecule has 0 bridgehead atoms. The maximum atomic E-state index is 13.3. The molecule has 156 valence electrons. The lowest BCUT2D eigenvalue weighted by Gasteiger charge is -2.50. The van der Waals surface area contributed by atoms with E-state index < -0.39 is 0 Å². The molecule has 0 spiro atoms. The van der Waals surface area contributed by atoms with Crippen LogP contribution >= 0.6 is 0 Å². The molecule has 2 aliphatic heterocycles. The highest BCUT2D eigenvalue weighted by Gasteiger charge is 2.49. The Balaban J connectivity index is 1.34. The van der Waals surface area contributed by atoms with Gasteiger partial charge in [0.2, 0.25) is 0 Å². The Labute approximate surface area is 173 Å². The zero-order valence-corrected chi connectivity index (χ0v) is 17.2. The minimum absolute atomic E-state index is 0.0605. The van der Waals surface area contributed by atoms with Gasteiger partial charge in [-0.25, -0.2) is 0 Å². The number of ketones is 1. The highest BCUT2D eigenvalue weighted by molar-refractivity contribution is 6.22. The fraction of sp³-hybridized carbons (Fsp3) is 0.625. The van der Waals surface area contributed by atoms with E-state index in [1.165, 1.54) is 32.1 Å². The number of methoxy groups -OCH3 is 1. The second-order valence-electron chi connectivity index (χ2n) is 8.97. The van der Waals surface area contributed by atoms with E-state index in [2.05, 4.69) is 4.90 Å². The van der Waals surface area contributed by atoms with E-state index >= 15 is 0 Å². The molecule has 0 amide bonds. The van der Waals surface area contributed by atoms with Crippen molar-refractivity contribution in [3.8, 4) is 5.75 Å². The minimum atomic E-state index is -0.0618. The lowest BCUT2D eigenvalue weighted by molar-refractivity contribution is -0.178. The van der Waals surface area contributed by atoms with Gasteiger partial charge < -0.3 is 14.2 Å². The van der Waals surface area contributed by atoms with Crippen LogP contribution in [0.2, 0.25) is 0 Å². The molecular formula is C24H31NO4. The molecule has 4 unspecified atom stereocenters. The predicted molar refractivity (Wildman–Crippen MR) is 110 cm³/mol. The number of hydrogen-bond acceptors (Lipinski definition) is 5. The standard InChI is InChI=1S/C24H31NO4/c1-27-18-9-7-16(8-10-18)21-14-28-24-19(23(21)26)11-12-22-20(24)13-25(15-29-22)17-5-3-2-4-6-17/h7-10,14,17,19-20,22,24H,2-6,11-13,15H2,1H3. The third kappa shape index (κ3) is 3.59. The van der Waals surface area contributed by atoms with Gasteiger partial charge in [0.15, 0.2) is 5.78 Å². The number of nitrogens with zero attached hydrogens (tertiary/aromatic N) is 1. The van der Waals surface area contributed by atoms with Crippen molar-refractivity contribution in [2.45, 2.75) is 63.2 Å². The number of carbonyl (C=O) groups is 1. The first kappa shape index (κ1) is 19.1. The summed E-state index contributed by atoms with van der Waals surface area (Å²) in [6.45, 7) is 1.74. The number of allylic oxidation sites excluding steroid dienone is 1. The molecule has 1 saturated heterocycles. The molecule has 4 aliphatic rings. The number of ether oxygens (including phenoxy) is 3. The molecule has 4 atom stereocenters. The number of carbonyl (C=O) groups excluding carboxylic acids is 1. The third-order valence-corrected chi connectivity index (χ3v) is 7.40. The Morgan fingerprint density at radius 3 is 2.59 bits per heavy atom. The smallest absolute Gasteiger partial charge is 0.173 e. The number of fused-ring (bicyclic) bond motifs is 3. The van der Waals surface area contributed by atoms with Crippen molar-refractivity contribution in [1.82, 2.24) is 4.90 Å². The van der Waals surface area contributed by atoms with Gasteiger partial charge in [-0.15, -0.1) is 0 Å². The van der Waals surface area contributed by atoms with Gasteiger partial charge in [-0.1, -0.05) is 31.4 Å². The zero-order chi connectivity index (χ0) is 19.8. The molecular weight excluding hydrogens is 366 g/mol. The summed E-state index contributed by atoms with van der Waals surface area (Å²) in [5.74, 6) is 1.23. The van der Waals surface area contributed by atoms with Crippen LogP contribution in [0, 0.1) is 11.8 Å². The lowest BCUT2D eigenvalue weighted by Crippen LogP contribution is -2.58. The molecule has 1 aromatic rings. The highest BCUT2D eigenvalue weighted by atomic mass is 16.5. The second-order valence-corrected chi connectivity index (χ2v) is 8.97. The third-order valence-electron chi connectivity index (χ3n) is 7.40. The monoisotopic (exact) mass is 397 g/mol. The van der Waals surface area contributed by atoms with Crippen molar-refractivity contribution in [3.05, 3.63) is 36.1 Å². The van der Waals surface area contributed by atoms with E-state index in [0.29, 0.717) is 11.6 Å². The Morgan fingerprint density at radius 1 is 1.03 bits per heavy atom. The van der Waals surface area contributed by atoms with Crippen LogP contribution in [0.1, 0.15) is 50.5 Å². The van der Waals surface area contributed by atoms with Crippen LogP contribution in [0.5, 0.6) is 5.75 Å². The van der Waals surface area contributed by atoms with Gasteiger partial charge in [0.25, 0.3) is 0 Å². The molecule has 1 aromatic carbocycles. The van der Waals surface area contributed by atoms with Gasteiger partial charge in [-0.2, -0.15) is 0 Å². The van der Waals surface area contributed by atoms with Crippen molar-refractivity contribution >= 4 is 11.4 Å². The van der Waals surface area contributed by atoms with E-state index in [0.717, 1.165) is 37.4 Å². The quantitative estimate of drug-likeness (QED) is 0.771. The zero-order valence-electron chi connectivity index (χ0n) is 17.2. The normalized spacial score (nSPS) is 33.3. The summed E-state index contributed by atoms with van der Waals surface area (Å²) in [5.41, 5.74) is 1.59. The van der Waals surface area contributed by atoms with Crippen molar-refractivity contribution in [3.63, 3.8) is 0 Å². The molecule has 2 saturated carbocycles. The fourth-order valence-electron chi connectivity index (χ4n) is 5.74. The molecule has 3 fully saturated rings. The maximum Gasteiger partial charge on any atom is 0.173 e. The predicted octanol–water partition coefficient (Wildman–Crippen LogP) is 4.02. The van der Waals surface area contributed by atoms with Gasteiger partial charge >= 0.3 is 0 Å². The van der Waals surface area contributed by atoms with Gasteiger partial charge in [0.05, 0.1) is 37.7 Å². The van der Waals surface area contributed by atoms with Crippen LogP contribution in [-0.2, 0) is 14.3 Å². The van der Waals surface area contributed by atoms with E-state index in [-0.39, 0.29) is 29.8 Å². The summed E-state index contributed by atoms with van der Waals surface area (Å²) in [5, 5.41) is 0. The van der Waals surface area contributed by atoms with E-state index in [9.17, 15) is 4.79 Å². The summed E-state index contributed by atoms with van der Waals surface area (Å²) in [6, 6.07) is 8.29. The largest absolute Gasteiger partial charge is 0.497 e. The van der Waals surface area contributed by atoms with Crippen LogP contribution < -0.4 is 4.74 Å². The average molecular weight is 398 g/mol. The Kier molecular flexibility index (Phi) is 5.35. The van der Waals surface area contributed by atoms with E-state index in [4.69, 9.17) is 14.2 Å². The van der Waals surface area contributed by atoms with Crippen LogP contribution in [0.3, 0.4) is 0 Å². The van der Waals surface area contributed by atoms with Crippen molar-refractivity contribution in [2.75, 3.05) is 20.4 Å². The van der Waals surface area contributed by atoms with Crippen molar-refractivity contribution < 1.29 is 19.0 Å². The van der Waals surface area contributed by atoms with Crippen molar-refractivity contribution in [1.29, 1.82) is 0 Å². The topological polar surface area (TPSA) is 48.0 Å². The molecule has 5 rings (SSSR count). The first-order valence-corrected chi connectivity index (χ1v) is 11.1. The molecule has 5 heteroatoms. The summed E-state index contributed by atoms with van der Waals surface area (Å²) in [4.78, 5) is 15.9. The van der Waals surface area contributed by atoms with Gasteiger partial charge in [-0.05, 0) is 43.4 Å².